The summed E-state index contributed by atoms with van der Waals surface area (Å²) in [6.45, 7) is 11.5. The van der Waals surface area contributed by atoms with Gasteiger partial charge >= 0.3 is 0 Å². The van der Waals surface area contributed by atoms with Gasteiger partial charge in [-0.05, 0) is 34.1 Å². The maximum absolute atomic E-state index is 5.25. The van der Waals surface area contributed by atoms with E-state index in [4.69, 9.17) is 9.47 Å². The molecule has 0 saturated heterocycles. The van der Waals surface area contributed by atoms with Gasteiger partial charge in [0.1, 0.15) is 0 Å². The average Bonchev–Trinajstić information content (AvgIpc) is 1.85. The lowest BCUT2D eigenvalue weighted by Gasteiger charge is -2.19. The molecular formula is C9H19O2. The molecule has 0 heterocycles. The fourth-order valence-corrected chi connectivity index (χ4v) is 0.363. The third kappa shape index (κ3) is 7.82. The molecule has 0 saturated carbocycles. The highest BCUT2D eigenvalue weighted by Gasteiger charge is 2.10. The molecule has 0 aliphatic heterocycles. The Morgan fingerprint density at radius 2 is 1.91 bits per heavy atom. The molecule has 0 fully saturated rings. The predicted octanol–water partition coefficient (Wildman–Crippen LogP) is 2.74. The molecule has 0 bridgehead atoms. The second-order valence-corrected chi connectivity index (χ2v) is 3.68. The highest BCUT2D eigenvalue weighted by Crippen LogP contribution is 2.10. The van der Waals surface area contributed by atoms with Crippen LogP contribution in [0.3, 0.4) is 0 Å². The molecule has 0 aromatic carbocycles. The van der Waals surface area contributed by atoms with E-state index in [1.165, 1.54) is 6.79 Å². The van der Waals surface area contributed by atoms with E-state index in [-0.39, 0.29) is 11.7 Å². The summed E-state index contributed by atoms with van der Waals surface area (Å²) in [4.78, 5) is 0. The summed E-state index contributed by atoms with van der Waals surface area (Å²) < 4.78 is 10.5. The standard InChI is InChI=1S/C9H19O2/c1-6-8(2)10-7-11-9(3,4)5/h7-8H,6H2,1-5H3. The molecule has 2 heteroatoms. The molecule has 1 unspecified atom stereocenters. The van der Waals surface area contributed by atoms with Crippen LogP contribution < -0.4 is 0 Å². The SMILES string of the molecule is CCC(C)O[CH]OC(C)(C)C. The molecule has 0 aromatic heterocycles. The van der Waals surface area contributed by atoms with Gasteiger partial charge < -0.3 is 9.47 Å². The molecular weight excluding hydrogens is 140 g/mol. The van der Waals surface area contributed by atoms with Gasteiger partial charge in [0.25, 0.3) is 0 Å². The first-order chi connectivity index (χ1) is 4.95. The van der Waals surface area contributed by atoms with Crippen molar-refractivity contribution in [2.75, 3.05) is 0 Å². The van der Waals surface area contributed by atoms with E-state index in [0.717, 1.165) is 6.42 Å². The van der Waals surface area contributed by atoms with Crippen molar-refractivity contribution in [2.45, 2.75) is 52.7 Å². The maximum atomic E-state index is 5.25. The van der Waals surface area contributed by atoms with Crippen LogP contribution in [0.15, 0.2) is 0 Å². The highest BCUT2D eigenvalue weighted by atomic mass is 16.7. The molecule has 0 N–H and O–H groups in total. The summed E-state index contributed by atoms with van der Waals surface area (Å²) in [6.07, 6.45) is 1.25. The zero-order chi connectivity index (χ0) is 8.91. The van der Waals surface area contributed by atoms with Crippen molar-refractivity contribution in [3.63, 3.8) is 0 Å². The van der Waals surface area contributed by atoms with Crippen LogP contribution in [0.1, 0.15) is 41.0 Å². The molecule has 2 nitrogen and oxygen atoms in total. The van der Waals surface area contributed by atoms with Crippen LogP contribution in [0.4, 0.5) is 0 Å². The number of rotatable bonds is 4. The molecule has 0 aromatic rings. The van der Waals surface area contributed by atoms with E-state index in [1.54, 1.807) is 0 Å². The minimum Gasteiger partial charge on any atom is -0.345 e. The number of hydrogen-bond acceptors (Lipinski definition) is 2. The Kier molecular flexibility index (Phi) is 4.69. The highest BCUT2D eigenvalue weighted by molar-refractivity contribution is 4.59. The van der Waals surface area contributed by atoms with Gasteiger partial charge in [-0.2, -0.15) is 0 Å². The summed E-state index contributed by atoms with van der Waals surface area (Å²) in [5, 5.41) is 0. The summed E-state index contributed by atoms with van der Waals surface area (Å²) in [7, 11) is 0. The van der Waals surface area contributed by atoms with E-state index in [0.29, 0.717) is 0 Å². The Morgan fingerprint density at radius 3 is 2.27 bits per heavy atom. The van der Waals surface area contributed by atoms with Crippen molar-refractivity contribution in [3.8, 4) is 0 Å². The summed E-state index contributed by atoms with van der Waals surface area (Å²) >= 11 is 0. The van der Waals surface area contributed by atoms with Crippen LogP contribution in [0.2, 0.25) is 0 Å². The minimum absolute atomic E-state index is 0.145. The van der Waals surface area contributed by atoms with Gasteiger partial charge in [0, 0.05) is 0 Å². The Hall–Kier alpha value is -0.0800. The molecule has 0 spiro atoms. The van der Waals surface area contributed by atoms with Gasteiger partial charge in [-0.1, -0.05) is 6.92 Å². The van der Waals surface area contributed by atoms with Crippen LogP contribution in [0, 0.1) is 6.79 Å². The number of hydrogen-bond donors (Lipinski definition) is 0. The fourth-order valence-electron chi connectivity index (χ4n) is 0.363. The topological polar surface area (TPSA) is 18.5 Å². The first-order valence-corrected chi connectivity index (χ1v) is 4.10. The predicted molar refractivity (Wildman–Crippen MR) is 46.0 cm³/mol. The molecule has 0 aliphatic rings. The Bertz CT molecular complexity index is 94.2. The molecule has 0 rings (SSSR count). The smallest absolute Gasteiger partial charge is 0.210 e. The number of ether oxygens (including phenoxy) is 2. The van der Waals surface area contributed by atoms with Crippen molar-refractivity contribution in [1.82, 2.24) is 0 Å². The van der Waals surface area contributed by atoms with E-state index in [9.17, 15) is 0 Å². The van der Waals surface area contributed by atoms with E-state index < -0.39 is 0 Å². The van der Waals surface area contributed by atoms with Gasteiger partial charge in [-0.25, -0.2) is 0 Å². The lowest BCUT2D eigenvalue weighted by Crippen LogP contribution is -2.19. The summed E-state index contributed by atoms with van der Waals surface area (Å²) in [5.74, 6) is 0. The zero-order valence-corrected chi connectivity index (χ0v) is 8.18. The van der Waals surface area contributed by atoms with Crippen LogP contribution in [0.5, 0.6) is 0 Å². The monoisotopic (exact) mass is 159 g/mol. The molecule has 1 atom stereocenters. The Balaban J connectivity index is 3.28. The fraction of sp³-hybridized carbons (Fsp3) is 0.889. The summed E-state index contributed by atoms with van der Waals surface area (Å²) in [6, 6.07) is 0. The van der Waals surface area contributed by atoms with E-state index in [2.05, 4.69) is 6.92 Å². The van der Waals surface area contributed by atoms with Crippen LogP contribution in [0.25, 0.3) is 0 Å². The van der Waals surface area contributed by atoms with Crippen molar-refractivity contribution < 1.29 is 9.47 Å². The van der Waals surface area contributed by atoms with Gasteiger partial charge in [0.15, 0.2) is 0 Å². The van der Waals surface area contributed by atoms with E-state index >= 15 is 0 Å². The zero-order valence-electron chi connectivity index (χ0n) is 8.18. The van der Waals surface area contributed by atoms with Crippen molar-refractivity contribution in [3.05, 3.63) is 6.79 Å². The van der Waals surface area contributed by atoms with Gasteiger partial charge in [0.2, 0.25) is 6.79 Å². The van der Waals surface area contributed by atoms with Gasteiger partial charge in [-0.3, -0.25) is 0 Å². The molecule has 11 heavy (non-hydrogen) atoms. The van der Waals surface area contributed by atoms with Gasteiger partial charge in [-0.15, -0.1) is 0 Å². The largest absolute Gasteiger partial charge is 0.345 e. The third-order valence-corrected chi connectivity index (χ3v) is 1.26. The lowest BCUT2D eigenvalue weighted by atomic mass is 10.2. The van der Waals surface area contributed by atoms with Crippen LogP contribution in [-0.2, 0) is 9.47 Å². The second kappa shape index (κ2) is 4.73. The first kappa shape index (κ1) is 10.9. The summed E-state index contributed by atoms with van der Waals surface area (Å²) in [5.41, 5.74) is -0.145. The third-order valence-electron chi connectivity index (χ3n) is 1.26. The average molecular weight is 159 g/mol. The second-order valence-electron chi connectivity index (χ2n) is 3.68. The minimum atomic E-state index is -0.145. The van der Waals surface area contributed by atoms with Crippen LogP contribution in [-0.4, -0.2) is 11.7 Å². The first-order valence-electron chi connectivity index (χ1n) is 4.10. The van der Waals surface area contributed by atoms with Gasteiger partial charge in [0.05, 0.1) is 11.7 Å². The lowest BCUT2D eigenvalue weighted by molar-refractivity contribution is -0.0774. The Morgan fingerprint density at radius 1 is 1.36 bits per heavy atom. The van der Waals surface area contributed by atoms with E-state index in [1.807, 2.05) is 27.7 Å². The molecule has 67 valence electrons. The maximum Gasteiger partial charge on any atom is 0.210 e. The van der Waals surface area contributed by atoms with Crippen molar-refractivity contribution in [1.29, 1.82) is 0 Å². The normalized spacial score (nSPS) is 15.0. The molecule has 1 radical (unpaired) electrons. The van der Waals surface area contributed by atoms with Crippen molar-refractivity contribution in [2.24, 2.45) is 0 Å². The quantitative estimate of drug-likeness (QED) is 0.628. The molecule has 0 aliphatic carbocycles. The molecule has 0 amide bonds. The Labute approximate surface area is 69.9 Å². The van der Waals surface area contributed by atoms with Crippen molar-refractivity contribution >= 4 is 0 Å². The van der Waals surface area contributed by atoms with Crippen LogP contribution >= 0.6 is 0 Å².